The van der Waals surface area contributed by atoms with Crippen LogP contribution >= 0.6 is 15.9 Å². The maximum Gasteiger partial charge on any atom is 0.164 e. The summed E-state index contributed by atoms with van der Waals surface area (Å²) < 4.78 is 13.7. The number of fused-ring (bicyclic) bond motifs is 1. The summed E-state index contributed by atoms with van der Waals surface area (Å²) in [6.07, 6.45) is 5.02. The lowest BCUT2D eigenvalue weighted by atomic mass is 10.2. The average molecular weight is 370 g/mol. The lowest BCUT2D eigenvalue weighted by molar-refractivity contribution is 0.0172. The minimum Gasteiger partial charge on any atom is -0.379 e. The lowest BCUT2D eigenvalue weighted by Crippen LogP contribution is -2.15. The Morgan fingerprint density at radius 1 is 1.50 bits per heavy atom. The van der Waals surface area contributed by atoms with Gasteiger partial charge in [-0.15, -0.1) is 0 Å². The maximum absolute atomic E-state index is 5.65. The van der Waals surface area contributed by atoms with Crippen molar-refractivity contribution in [3.05, 3.63) is 10.9 Å². The van der Waals surface area contributed by atoms with Crippen LogP contribution in [0, 0.1) is 0 Å². The van der Waals surface area contributed by atoms with Gasteiger partial charge in [0.2, 0.25) is 0 Å². The number of anilines is 1. The molecule has 8 heteroatoms. The molecule has 0 aromatic carbocycles. The zero-order valence-corrected chi connectivity index (χ0v) is 14.2. The van der Waals surface area contributed by atoms with Crippen LogP contribution < -0.4 is 5.32 Å². The molecule has 22 heavy (non-hydrogen) atoms. The van der Waals surface area contributed by atoms with Crippen molar-refractivity contribution in [3.8, 4) is 0 Å². The Hall–Kier alpha value is -1.25. The Kier molecular flexibility index (Phi) is 5.22. The number of halogens is 1. The maximum atomic E-state index is 5.65. The summed E-state index contributed by atoms with van der Waals surface area (Å²) in [7, 11) is 1.86. The van der Waals surface area contributed by atoms with E-state index in [9.17, 15) is 0 Å². The summed E-state index contributed by atoms with van der Waals surface area (Å²) in [6.45, 7) is 3.08. The van der Waals surface area contributed by atoms with Crippen LogP contribution in [0.2, 0.25) is 0 Å². The van der Waals surface area contributed by atoms with Gasteiger partial charge in [-0.1, -0.05) is 0 Å². The second kappa shape index (κ2) is 7.34. The van der Waals surface area contributed by atoms with Gasteiger partial charge >= 0.3 is 0 Å². The molecule has 1 saturated heterocycles. The van der Waals surface area contributed by atoms with Gasteiger partial charge in [-0.25, -0.2) is 14.6 Å². The predicted octanol–water partition coefficient (Wildman–Crippen LogP) is 2.12. The quantitative estimate of drug-likeness (QED) is 0.753. The highest BCUT2D eigenvalue weighted by Crippen LogP contribution is 2.26. The first-order valence-corrected chi connectivity index (χ1v) is 8.31. The number of nitrogens with one attached hydrogen (secondary N) is 1. The van der Waals surface area contributed by atoms with Crippen molar-refractivity contribution in [2.75, 3.05) is 31.7 Å². The van der Waals surface area contributed by atoms with Gasteiger partial charge in [0.05, 0.1) is 18.1 Å². The van der Waals surface area contributed by atoms with Crippen LogP contribution in [0.15, 0.2) is 10.9 Å². The van der Waals surface area contributed by atoms with Crippen molar-refractivity contribution in [2.45, 2.75) is 25.4 Å². The van der Waals surface area contributed by atoms with Crippen molar-refractivity contribution in [1.82, 2.24) is 19.7 Å². The third-order valence-corrected chi connectivity index (χ3v) is 4.22. The fraction of sp³-hybridized carbons (Fsp3) is 0.643. The smallest absolute Gasteiger partial charge is 0.164 e. The van der Waals surface area contributed by atoms with E-state index in [0.717, 1.165) is 60.5 Å². The summed E-state index contributed by atoms with van der Waals surface area (Å²) in [4.78, 5) is 8.54. The van der Waals surface area contributed by atoms with E-state index < -0.39 is 0 Å². The van der Waals surface area contributed by atoms with Gasteiger partial charge in [0.15, 0.2) is 5.65 Å². The molecule has 0 saturated carbocycles. The molecule has 0 aliphatic carbocycles. The van der Waals surface area contributed by atoms with Crippen molar-refractivity contribution in [1.29, 1.82) is 0 Å². The van der Waals surface area contributed by atoms with E-state index in [-0.39, 0.29) is 0 Å². The van der Waals surface area contributed by atoms with Crippen LogP contribution in [0.25, 0.3) is 11.0 Å². The van der Waals surface area contributed by atoms with E-state index in [1.54, 1.807) is 11.0 Å². The van der Waals surface area contributed by atoms with E-state index in [2.05, 4.69) is 36.3 Å². The molecule has 120 valence electrons. The lowest BCUT2D eigenvalue weighted by Gasteiger charge is -2.10. The van der Waals surface area contributed by atoms with E-state index >= 15 is 0 Å². The fourth-order valence-electron chi connectivity index (χ4n) is 2.55. The van der Waals surface area contributed by atoms with Gasteiger partial charge in [0.25, 0.3) is 0 Å². The molecule has 3 heterocycles. The SMILES string of the molecule is Cn1nc(Br)c2c(NCCCOC[C@@H]3CCCO3)ncnc21. The summed E-state index contributed by atoms with van der Waals surface area (Å²) >= 11 is 3.45. The van der Waals surface area contributed by atoms with Gasteiger partial charge in [-0.05, 0) is 35.2 Å². The number of hydrogen-bond donors (Lipinski definition) is 1. The van der Waals surface area contributed by atoms with E-state index in [1.807, 2.05) is 7.05 Å². The summed E-state index contributed by atoms with van der Waals surface area (Å²) in [5.74, 6) is 0.795. The molecule has 0 spiro atoms. The Labute approximate surface area is 137 Å². The van der Waals surface area contributed by atoms with Crippen LogP contribution in [0.3, 0.4) is 0 Å². The third kappa shape index (κ3) is 3.56. The van der Waals surface area contributed by atoms with E-state index in [0.29, 0.717) is 12.7 Å². The van der Waals surface area contributed by atoms with Crippen molar-refractivity contribution >= 4 is 32.8 Å². The molecule has 1 aliphatic rings. The van der Waals surface area contributed by atoms with Gasteiger partial charge in [-0.2, -0.15) is 5.10 Å². The average Bonchev–Trinajstić information content (AvgIpc) is 3.12. The topological polar surface area (TPSA) is 74.1 Å². The normalized spacial score (nSPS) is 18.2. The second-order valence-electron chi connectivity index (χ2n) is 5.33. The third-order valence-electron chi connectivity index (χ3n) is 3.66. The molecule has 1 aliphatic heterocycles. The van der Waals surface area contributed by atoms with Gasteiger partial charge in [0.1, 0.15) is 16.7 Å². The van der Waals surface area contributed by atoms with Gasteiger partial charge in [-0.3, -0.25) is 0 Å². The standard InChI is InChI=1S/C14H20BrN5O2/c1-20-14-11(12(15)19-20)13(17-9-18-14)16-5-3-6-21-8-10-4-2-7-22-10/h9-10H,2-8H2,1H3,(H,16,17,18)/t10-/m0/s1. The van der Waals surface area contributed by atoms with Crippen LogP contribution in [0.5, 0.6) is 0 Å². The Morgan fingerprint density at radius 3 is 3.23 bits per heavy atom. The van der Waals surface area contributed by atoms with Gasteiger partial charge < -0.3 is 14.8 Å². The number of aryl methyl sites for hydroxylation is 1. The molecule has 0 radical (unpaired) electrons. The Balaban J connectivity index is 1.45. The van der Waals surface area contributed by atoms with Gasteiger partial charge in [0, 0.05) is 26.8 Å². The molecule has 7 nitrogen and oxygen atoms in total. The predicted molar refractivity (Wildman–Crippen MR) is 86.9 cm³/mol. The first kappa shape index (κ1) is 15.6. The second-order valence-corrected chi connectivity index (χ2v) is 6.08. The summed E-state index contributed by atoms with van der Waals surface area (Å²) in [5, 5.41) is 8.54. The Morgan fingerprint density at radius 2 is 2.41 bits per heavy atom. The van der Waals surface area contributed by atoms with Crippen LogP contribution in [0.4, 0.5) is 5.82 Å². The monoisotopic (exact) mass is 369 g/mol. The first-order chi connectivity index (χ1) is 10.8. The molecular formula is C14H20BrN5O2. The highest BCUT2D eigenvalue weighted by molar-refractivity contribution is 9.10. The zero-order valence-electron chi connectivity index (χ0n) is 12.6. The molecule has 3 rings (SSSR count). The van der Waals surface area contributed by atoms with Crippen LogP contribution in [0.1, 0.15) is 19.3 Å². The molecule has 0 amide bonds. The zero-order chi connectivity index (χ0) is 15.4. The molecule has 2 aromatic heterocycles. The largest absolute Gasteiger partial charge is 0.379 e. The number of nitrogens with zero attached hydrogens (tertiary/aromatic N) is 4. The minimum absolute atomic E-state index is 0.292. The number of hydrogen-bond acceptors (Lipinski definition) is 6. The Bertz CT molecular complexity index is 627. The van der Waals surface area contributed by atoms with Crippen molar-refractivity contribution < 1.29 is 9.47 Å². The number of ether oxygens (including phenoxy) is 2. The highest BCUT2D eigenvalue weighted by atomic mass is 79.9. The molecule has 0 unspecified atom stereocenters. The molecule has 2 aromatic rings. The number of rotatable bonds is 7. The van der Waals surface area contributed by atoms with Crippen molar-refractivity contribution in [3.63, 3.8) is 0 Å². The molecule has 0 bridgehead atoms. The first-order valence-electron chi connectivity index (χ1n) is 7.52. The highest BCUT2D eigenvalue weighted by Gasteiger charge is 2.15. The molecular weight excluding hydrogens is 350 g/mol. The number of aromatic nitrogens is 4. The minimum atomic E-state index is 0.292. The van der Waals surface area contributed by atoms with Crippen LogP contribution in [-0.4, -0.2) is 52.2 Å². The van der Waals surface area contributed by atoms with E-state index in [1.165, 1.54) is 0 Å². The van der Waals surface area contributed by atoms with Crippen LogP contribution in [-0.2, 0) is 16.5 Å². The summed E-state index contributed by atoms with van der Waals surface area (Å²) in [6, 6.07) is 0. The molecule has 1 N–H and O–H groups in total. The molecule has 1 atom stereocenters. The molecule has 1 fully saturated rings. The van der Waals surface area contributed by atoms with E-state index in [4.69, 9.17) is 9.47 Å². The fourth-order valence-corrected chi connectivity index (χ4v) is 3.15. The van der Waals surface area contributed by atoms with Crippen molar-refractivity contribution in [2.24, 2.45) is 7.05 Å². The summed E-state index contributed by atoms with van der Waals surface area (Å²) in [5.41, 5.74) is 0.805.